The molecule has 1 rings (SSSR count). The Hall–Kier alpha value is -1.55. The molecule has 0 saturated heterocycles. The number of hydrogen-bond acceptors (Lipinski definition) is 2. The van der Waals surface area contributed by atoms with Crippen LogP contribution in [0.3, 0.4) is 0 Å². The summed E-state index contributed by atoms with van der Waals surface area (Å²) >= 11 is 0. The Kier molecular flexibility index (Phi) is 4.63. The lowest BCUT2D eigenvalue weighted by Crippen LogP contribution is -2.36. The van der Waals surface area contributed by atoms with E-state index in [1.54, 1.807) is 7.05 Å². The summed E-state index contributed by atoms with van der Waals surface area (Å²) in [5, 5.41) is 0. The lowest BCUT2D eigenvalue weighted by Gasteiger charge is -2.14. The first-order valence-electron chi connectivity index (χ1n) is 4.91. The van der Waals surface area contributed by atoms with Gasteiger partial charge in [0.25, 0.3) is 0 Å². The topological polar surface area (TPSA) is 41.6 Å². The molecular formula is C11H16N2O2. The highest BCUT2D eigenvalue weighted by atomic mass is 16.7. The second kappa shape index (κ2) is 6.03. The van der Waals surface area contributed by atoms with E-state index in [1.807, 2.05) is 37.3 Å². The molecule has 0 fully saturated rings. The van der Waals surface area contributed by atoms with E-state index in [1.165, 1.54) is 4.90 Å². The number of hydrogen-bond donors (Lipinski definition) is 1. The zero-order valence-corrected chi connectivity index (χ0v) is 9.06. The predicted octanol–water partition coefficient (Wildman–Crippen LogP) is 1.78. The van der Waals surface area contributed by atoms with Crippen molar-refractivity contribution in [2.75, 3.05) is 13.6 Å². The molecule has 15 heavy (non-hydrogen) atoms. The van der Waals surface area contributed by atoms with Crippen LogP contribution in [-0.2, 0) is 11.4 Å². The van der Waals surface area contributed by atoms with Crippen LogP contribution in [-0.4, -0.2) is 24.5 Å². The van der Waals surface area contributed by atoms with E-state index in [0.29, 0.717) is 13.2 Å². The lowest BCUT2D eigenvalue weighted by atomic mass is 10.2. The van der Waals surface area contributed by atoms with Crippen molar-refractivity contribution in [1.29, 1.82) is 0 Å². The van der Waals surface area contributed by atoms with Crippen molar-refractivity contribution in [2.24, 2.45) is 0 Å². The number of urea groups is 1. The fourth-order valence-corrected chi connectivity index (χ4v) is 0.977. The third kappa shape index (κ3) is 3.99. The van der Waals surface area contributed by atoms with Crippen LogP contribution in [0.4, 0.5) is 4.79 Å². The van der Waals surface area contributed by atoms with Crippen LogP contribution in [0.2, 0.25) is 0 Å². The van der Waals surface area contributed by atoms with Gasteiger partial charge in [0.05, 0.1) is 6.61 Å². The molecule has 1 aromatic rings. The van der Waals surface area contributed by atoms with E-state index in [2.05, 4.69) is 5.48 Å². The summed E-state index contributed by atoms with van der Waals surface area (Å²) in [5.41, 5.74) is 3.39. The van der Waals surface area contributed by atoms with E-state index in [4.69, 9.17) is 4.84 Å². The van der Waals surface area contributed by atoms with Gasteiger partial charge in [0.2, 0.25) is 0 Å². The fourth-order valence-electron chi connectivity index (χ4n) is 0.977. The maximum Gasteiger partial charge on any atom is 0.341 e. The van der Waals surface area contributed by atoms with Crippen LogP contribution in [0.5, 0.6) is 0 Å². The first kappa shape index (κ1) is 11.5. The molecular weight excluding hydrogens is 192 g/mol. The van der Waals surface area contributed by atoms with E-state index >= 15 is 0 Å². The normalized spacial score (nSPS) is 9.73. The van der Waals surface area contributed by atoms with Crippen LogP contribution in [0.1, 0.15) is 12.5 Å². The molecule has 0 aliphatic heterocycles. The minimum absolute atomic E-state index is 0.228. The molecule has 4 nitrogen and oxygen atoms in total. The molecule has 0 atom stereocenters. The van der Waals surface area contributed by atoms with Gasteiger partial charge < -0.3 is 4.90 Å². The van der Waals surface area contributed by atoms with E-state index < -0.39 is 0 Å². The second-order valence-electron chi connectivity index (χ2n) is 3.20. The van der Waals surface area contributed by atoms with Crippen molar-refractivity contribution >= 4 is 6.03 Å². The summed E-state index contributed by atoms with van der Waals surface area (Å²) in [4.78, 5) is 17.9. The van der Waals surface area contributed by atoms with E-state index in [9.17, 15) is 4.79 Å². The van der Waals surface area contributed by atoms with Gasteiger partial charge in [0, 0.05) is 13.6 Å². The molecule has 2 amide bonds. The molecule has 0 heterocycles. The van der Waals surface area contributed by atoms with Crippen molar-refractivity contribution in [2.45, 2.75) is 13.5 Å². The van der Waals surface area contributed by atoms with Gasteiger partial charge in [0.15, 0.2) is 0 Å². The third-order valence-electron chi connectivity index (χ3n) is 2.06. The van der Waals surface area contributed by atoms with Gasteiger partial charge in [-0.2, -0.15) is 0 Å². The largest absolute Gasteiger partial charge is 0.341 e. The molecule has 0 aliphatic rings. The average molecular weight is 208 g/mol. The zero-order chi connectivity index (χ0) is 11.1. The van der Waals surface area contributed by atoms with Gasteiger partial charge in [-0.1, -0.05) is 30.3 Å². The summed E-state index contributed by atoms with van der Waals surface area (Å²) < 4.78 is 0. The maximum atomic E-state index is 11.3. The van der Waals surface area contributed by atoms with E-state index in [0.717, 1.165) is 5.56 Å². The molecule has 0 saturated carbocycles. The summed E-state index contributed by atoms with van der Waals surface area (Å²) in [6.45, 7) is 2.93. The van der Waals surface area contributed by atoms with Crippen LogP contribution in [0.25, 0.3) is 0 Å². The number of carbonyl (C=O) groups is 1. The first-order valence-corrected chi connectivity index (χ1v) is 4.91. The second-order valence-corrected chi connectivity index (χ2v) is 3.20. The van der Waals surface area contributed by atoms with Crippen molar-refractivity contribution in [3.8, 4) is 0 Å². The van der Waals surface area contributed by atoms with Crippen LogP contribution >= 0.6 is 0 Å². The molecule has 0 aliphatic carbocycles. The number of benzene rings is 1. The van der Waals surface area contributed by atoms with Gasteiger partial charge >= 0.3 is 6.03 Å². The Bertz CT molecular complexity index is 301. The Morgan fingerprint density at radius 2 is 2.07 bits per heavy atom. The summed E-state index contributed by atoms with van der Waals surface area (Å²) in [6.07, 6.45) is 0. The number of hydroxylamine groups is 1. The molecule has 0 bridgehead atoms. The minimum Gasteiger partial charge on any atom is -0.326 e. The number of nitrogens with one attached hydrogen (secondary N) is 1. The Morgan fingerprint density at radius 3 is 2.67 bits per heavy atom. The van der Waals surface area contributed by atoms with Gasteiger partial charge in [0.1, 0.15) is 0 Å². The number of nitrogens with zero attached hydrogens (tertiary/aromatic N) is 1. The van der Waals surface area contributed by atoms with Gasteiger partial charge in [-0.05, 0) is 12.5 Å². The van der Waals surface area contributed by atoms with Crippen LogP contribution in [0.15, 0.2) is 30.3 Å². The lowest BCUT2D eigenvalue weighted by molar-refractivity contribution is 0.0393. The summed E-state index contributed by atoms with van der Waals surface area (Å²) in [5.74, 6) is 0. The van der Waals surface area contributed by atoms with Crippen LogP contribution in [0, 0.1) is 0 Å². The highest BCUT2D eigenvalue weighted by molar-refractivity contribution is 5.72. The minimum atomic E-state index is -0.228. The standard InChI is InChI=1S/C11H16N2O2/c1-3-13(2)11(14)12-15-9-10-7-5-4-6-8-10/h4-8H,3,9H2,1-2H3,(H,12,14). The van der Waals surface area contributed by atoms with Crippen molar-refractivity contribution in [3.63, 3.8) is 0 Å². The highest BCUT2D eigenvalue weighted by Gasteiger charge is 2.04. The zero-order valence-electron chi connectivity index (χ0n) is 9.06. The Morgan fingerprint density at radius 1 is 1.40 bits per heavy atom. The van der Waals surface area contributed by atoms with Crippen molar-refractivity contribution < 1.29 is 9.63 Å². The molecule has 0 spiro atoms. The quantitative estimate of drug-likeness (QED) is 0.766. The molecule has 0 unspecified atom stereocenters. The van der Waals surface area contributed by atoms with E-state index in [-0.39, 0.29) is 6.03 Å². The van der Waals surface area contributed by atoms with Gasteiger partial charge in [-0.25, -0.2) is 10.3 Å². The summed E-state index contributed by atoms with van der Waals surface area (Å²) in [6, 6.07) is 9.45. The molecule has 82 valence electrons. The fraction of sp³-hybridized carbons (Fsp3) is 0.364. The Labute approximate surface area is 89.8 Å². The summed E-state index contributed by atoms with van der Waals surface area (Å²) in [7, 11) is 1.71. The maximum absolute atomic E-state index is 11.3. The van der Waals surface area contributed by atoms with Gasteiger partial charge in [-0.15, -0.1) is 0 Å². The van der Waals surface area contributed by atoms with Crippen molar-refractivity contribution in [1.82, 2.24) is 10.4 Å². The Balaban J connectivity index is 2.25. The number of carbonyl (C=O) groups excluding carboxylic acids is 1. The number of rotatable bonds is 4. The molecule has 1 N–H and O–H groups in total. The molecule has 1 aromatic carbocycles. The van der Waals surface area contributed by atoms with Crippen molar-refractivity contribution in [3.05, 3.63) is 35.9 Å². The average Bonchev–Trinajstić information content (AvgIpc) is 2.29. The molecule has 4 heteroatoms. The SMILES string of the molecule is CCN(C)C(=O)NOCc1ccccc1. The monoisotopic (exact) mass is 208 g/mol. The molecule has 0 aromatic heterocycles. The number of amides is 2. The molecule has 0 radical (unpaired) electrons. The van der Waals surface area contributed by atoms with Gasteiger partial charge in [-0.3, -0.25) is 4.84 Å². The highest BCUT2D eigenvalue weighted by Crippen LogP contribution is 1.99. The third-order valence-corrected chi connectivity index (χ3v) is 2.06. The predicted molar refractivity (Wildman–Crippen MR) is 58.1 cm³/mol. The smallest absolute Gasteiger partial charge is 0.326 e. The first-order chi connectivity index (χ1) is 7.24. The van der Waals surface area contributed by atoms with Crippen LogP contribution < -0.4 is 5.48 Å².